The summed E-state index contributed by atoms with van der Waals surface area (Å²) in [6.07, 6.45) is 7.05. The molecule has 0 spiro atoms. The Labute approximate surface area is 455 Å². The molecule has 0 bridgehead atoms. The third kappa shape index (κ3) is 15.3. The number of nitrogens with zero attached hydrogens (tertiary/aromatic N) is 1. The number of rotatable bonds is 19. The van der Waals surface area contributed by atoms with Crippen molar-refractivity contribution in [3.05, 3.63) is 177 Å². The van der Waals surface area contributed by atoms with Crippen molar-refractivity contribution in [2.24, 2.45) is 23.7 Å². The van der Waals surface area contributed by atoms with Crippen LogP contribution in [0.5, 0.6) is 28.7 Å². The van der Waals surface area contributed by atoms with E-state index in [-0.39, 0.29) is 59.8 Å². The molecule has 0 unspecified atom stereocenters. The third-order valence-electron chi connectivity index (χ3n) is 13.6. The number of halogens is 1. The number of esters is 4. The van der Waals surface area contributed by atoms with Gasteiger partial charge < -0.3 is 28.4 Å². The second-order valence-corrected chi connectivity index (χ2v) is 20.4. The third-order valence-corrected chi connectivity index (χ3v) is 14.8. The second kappa shape index (κ2) is 26.6. The zero-order valence-electron chi connectivity index (χ0n) is 42.5. The first-order valence-electron chi connectivity index (χ1n) is 25.3. The first-order valence-corrected chi connectivity index (χ1v) is 26.5. The van der Waals surface area contributed by atoms with E-state index in [2.05, 4.69) is 5.43 Å². The van der Waals surface area contributed by atoms with Crippen molar-refractivity contribution in [1.29, 1.82) is 0 Å². The molecule has 77 heavy (non-hydrogen) atoms. The molecule has 2 saturated carbocycles. The van der Waals surface area contributed by atoms with Gasteiger partial charge in [0, 0.05) is 23.1 Å². The van der Waals surface area contributed by atoms with Crippen LogP contribution in [0.1, 0.15) is 98.4 Å². The highest BCUT2D eigenvalue weighted by atomic mass is 35.5. The molecule has 2 aliphatic carbocycles. The van der Waals surface area contributed by atoms with E-state index in [1.54, 1.807) is 72.8 Å². The Bertz CT molecular complexity index is 3070. The average molecular weight is 1080 g/mol. The lowest BCUT2D eigenvalue weighted by atomic mass is 9.82. The molecule has 0 radical (unpaired) electrons. The maximum absolute atomic E-state index is 13.7. The maximum atomic E-state index is 13.7. The van der Waals surface area contributed by atoms with Gasteiger partial charge in [-0.05, 0) is 166 Å². The first kappa shape index (κ1) is 55.2. The van der Waals surface area contributed by atoms with E-state index in [0.29, 0.717) is 95.4 Å². The van der Waals surface area contributed by atoms with Gasteiger partial charge in [0.15, 0.2) is 5.78 Å². The van der Waals surface area contributed by atoms with E-state index in [1.807, 2.05) is 42.5 Å². The van der Waals surface area contributed by atoms with Crippen LogP contribution in [-0.4, -0.2) is 67.3 Å². The van der Waals surface area contributed by atoms with Gasteiger partial charge in [-0.3, -0.25) is 39.0 Å². The molecule has 5 aromatic carbocycles. The highest BCUT2D eigenvalue weighted by Gasteiger charge is 2.34. The van der Waals surface area contributed by atoms with Crippen LogP contribution in [0, 0.1) is 23.7 Å². The molecule has 2 aliphatic rings. The molecular formula is C60H57ClN2O13S. The lowest BCUT2D eigenvalue weighted by molar-refractivity contribution is -0.152. The van der Waals surface area contributed by atoms with E-state index in [1.165, 1.54) is 60.9 Å². The number of ketones is 1. The number of nitrogens with one attached hydrogen (secondary N) is 1. The number of hydrogen-bond acceptors (Lipinski definition) is 14. The number of hydrazine groups is 1. The summed E-state index contributed by atoms with van der Waals surface area (Å²) < 4.78 is 33.9. The normalized spacial score (nSPS) is 17.1. The van der Waals surface area contributed by atoms with Crippen molar-refractivity contribution in [2.45, 2.75) is 64.3 Å². The fourth-order valence-corrected chi connectivity index (χ4v) is 10.0. The summed E-state index contributed by atoms with van der Waals surface area (Å²) in [4.78, 5) is 92.8. The first-order chi connectivity index (χ1) is 37.3. The van der Waals surface area contributed by atoms with Crippen molar-refractivity contribution < 1.29 is 62.0 Å². The molecule has 1 N–H and O–H groups in total. The molecular weight excluding hydrogens is 1020 g/mol. The Hall–Kier alpha value is -8.08. The van der Waals surface area contributed by atoms with E-state index < -0.39 is 35.6 Å². The zero-order chi connectivity index (χ0) is 54.3. The minimum atomic E-state index is -0.474. The topological polar surface area (TPSA) is 190 Å². The minimum absolute atomic E-state index is 0.106. The van der Waals surface area contributed by atoms with E-state index in [0.717, 1.165) is 11.1 Å². The zero-order valence-corrected chi connectivity index (χ0v) is 44.1. The Balaban J connectivity index is 0.728. The smallest absolute Gasteiger partial charge is 0.314 e. The highest BCUT2D eigenvalue weighted by Crippen LogP contribution is 2.35. The van der Waals surface area contributed by atoms with Gasteiger partial charge in [-0.2, -0.15) is 0 Å². The Kier molecular flexibility index (Phi) is 19.1. The van der Waals surface area contributed by atoms with Crippen LogP contribution in [0.4, 0.5) is 0 Å². The van der Waals surface area contributed by atoms with Gasteiger partial charge >= 0.3 is 23.9 Å². The summed E-state index contributed by atoms with van der Waals surface area (Å²) in [5.74, 6) is -2.21. The molecule has 2 fully saturated rings. The van der Waals surface area contributed by atoms with E-state index in [4.69, 9.17) is 40.0 Å². The number of ether oxygens (including phenoxy) is 6. The Morgan fingerprint density at radius 2 is 1.09 bits per heavy atom. The number of hydrogen-bond donors (Lipinski definition) is 1. The molecule has 0 atom stereocenters. The molecule has 17 heteroatoms. The number of carbonyl (C=O) groups is 7. The summed E-state index contributed by atoms with van der Waals surface area (Å²) in [7, 11) is 3.05. The number of allylic oxidation sites excluding steroid dienone is 1. The number of thiophene rings is 1. The molecule has 0 aliphatic heterocycles. The van der Waals surface area contributed by atoms with Crippen molar-refractivity contribution in [3.8, 4) is 28.7 Å². The number of methoxy groups -OCH3 is 2. The summed E-state index contributed by atoms with van der Waals surface area (Å²) in [6.45, 7) is 0.263. The standard InChI is InChI=1S/C60H57ClN2O13S/c1-71-47-25-18-40(19-26-47)55(65)62-63(37-39-6-4-3-5-7-39)56(66)41-20-27-49(28-21-41)75-59(69)43-12-10-42(11-13-43)57(67)73-35-34-38-8-23-48(24-9-38)74-58(68)44-14-16-45(17-15-44)60(70)76-52-31-29-50(72-2)36-46(52)22-30-51(64)53-32-33-54(61)77-53/h3-9,18-33,36,42-45H,10-17,34-35,37H2,1-2H3,(H,62,65)/b30-22+. The predicted octanol–water partition coefficient (Wildman–Crippen LogP) is 11.1. The molecule has 8 rings (SSSR count). The minimum Gasteiger partial charge on any atom is -0.497 e. The fourth-order valence-electron chi connectivity index (χ4n) is 9.08. The number of carbonyl (C=O) groups excluding carboxylic acids is 7. The lowest BCUT2D eigenvalue weighted by Gasteiger charge is -2.26. The van der Waals surface area contributed by atoms with Crippen LogP contribution in [0.2, 0.25) is 4.34 Å². The van der Waals surface area contributed by atoms with Gasteiger partial charge in [-0.1, -0.05) is 54.1 Å². The molecule has 0 saturated heterocycles. The van der Waals surface area contributed by atoms with Gasteiger partial charge in [0.05, 0.1) is 60.3 Å². The van der Waals surface area contributed by atoms with Crippen molar-refractivity contribution in [2.75, 3.05) is 20.8 Å². The van der Waals surface area contributed by atoms with Gasteiger partial charge in [-0.15, -0.1) is 11.3 Å². The van der Waals surface area contributed by atoms with Gasteiger partial charge in [0.25, 0.3) is 11.8 Å². The van der Waals surface area contributed by atoms with Gasteiger partial charge in [0.2, 0.25) is 0 Å². The average Bonchev–Trinajstić information content (AvgIpc) is 3.91. The molecule has 6 aromatic rings. The summed E-state index contributed by atoms with van der Waals surface area (Å²) >= 11 is 7.16. The van der Waals surface area contributed by atoms with Crippen molar-refractivity contribution in [3.63, 3.8) is 0 Å². The largest absolute Gasteiger partial charge is 0.497 e. The van der Waals surface area contributed by atoms with Crippen LogP contribution in [0.15, 0.2) is 140 Å². The SMILES string of the molecule is COc1ccc(C(=O)NN(Cc2ccccc2)C(=O)c2ccc(OC(=O)C3CCC(C(=O)OCCc4ccc(OC(=O)C5CCC(C(=O)Oc6ccc(OC)cc6/C=C/C(=O)c6ccc(Cl)s6)CC5)cc4)CC3)cc2)cc1. The number of amides is 2. The maximum Gasteiger partial charge on any atom is 0.314 e. The quantitative estimate of drug-likeness (QED) is 0.0265. The van der Waals surface area contributed by atoms with Gasteiger partial charge in [0.1, 0.15) is 28.7 Å². The van der Waals surface area contributed by atoms with Crippen LogP contribution < -0.4 is 29.1 Å². The molecule has 1 heterocycles. The summed E-state index contributed by atoms with van der Waals surface area (Å²) in [6, 6.07) is 37.2. The van der Waals surface area contributed by atoms with Crippen molar-refractivity contribution in [1.82, 2.24) is 10.4 Å². The molecule has 2 amide bonds. The van der Waals surface area contributed by atoms with Crippen LogP contribution >= 0.6 is 22.9 Å². The summed E-state index contributed by atoms with van der Waals surface area (Å²) in [5, 5.41) is 1.24. The van der Waals surface area contributed by atoms with E-state index in [9.17, 15) is 33.6 Å². The van der Waals surface area contributed by atoms with E-state index >= 15 is 0 Å². The van der Waals surface area contributed by atoms with Crippen molar-refractivity contribution >= 4 is 70.5 Å². The van der Waals surface area contributed by atoms with Crippen LogP contribution in [-0.2, 0) is 36.9 Å². The second-order valence-electron chi connectivity index (χ2n) is 18.7. The summed E-state index contributed by atoms with van der Waals surface area (Å²) in [5.41, 5.74) is 5.52. The molecule has 398 valence electrons. The Morgan fingerprint density at radius 3 is 1.65 bits per heavy atom. The van der Waals surface area contributed by atoms with Crippen LogP contribution in [0.25, 0.3) is 6.08 Å². The Morgan fingerprint density at radius 1 is 0.571 bits per heavy atom. The number of benzene rings is 5. The molecule has 1 aromatic heterocycles. The lowest BCUT2D eigenvalue weighted by Crippen LogP contribution is -2.45. The fraction of sp³-hybridized carbons (Fsp3) is 0.283. The van der Waals surface area contributed by atoms with Crippen LogP contribution in [0.3, 0.4) is 0 Å². The predicted molar refractivity (Wildman–Crippen MR) is 288 cm³/mol. The molecule has 15 nitrogen and oxygen atoms in total. The monoisotopic (exact) mass is 1080 g/mol. The van der Waals surface area contributed by atoms with Gasteiger partial charge in [-0.25, -0.2) is 5.01 Å². The highest BCUT2D eigenvalue weighted by molar-refractivity contribution is 7.18.